The van der Waals surface area contributed by atoms with Crippen molar-refractivity contribution in [3.8, 4) is 0 Å². The lowest BCUT2D eigenvalue weighted by atomic mass is 9.74. The highest BCUT2D eigenvalue weighted by Crippen LogP contribution is 2.47. The van der Waals surface area contributed by atoms with Gasteiger partial charge in [-0.1, -0.05) is 60.0 Å². The molecule has 2 aromatic rings. The lowest BCUT2D eigenvalue weighted by Crippen LogP contribution is -2.49. The number of likely N-dealkylation sites (tertiary alicyclic amines) is 1. The van der Waals surface area contributed by atoms with Gasteiger partial charge in [-0.3, -0.25) is 4.79 Å². The van der Waals surface area contributed by atoms with Gasteiger partial charge in [0.05, 0.1) is 6.04 Å². The molecule has 2 fully saturated rings. The van der Waals surface area contributed by atoms with Crippen molar-refractivity contribution in [2.45, 2.75) is 44.1 Å². The maximum atomic E-state index is 13.5. The number of carbonyl (C=O) groups excluding carboxylic acids is 1. The van der Waals surface area contributed by atoms with Crippen LogP contribution in [0.4, 0.5) is 0 Å². The van der Waals surface area contributed by atoms with Crippen molar-refractivity contribution >= 4 is 29.1 Å². The van der Waals surface area contributed by atoms with E-state index < -0.39 is 0 Å². The van der Waals surface area contributed by atoms with Crippen LogP contribution in [0.15, 0.2) is 61.2 Å². The van der Waals surface area contributed by atoms with Crippen LogP contribution in [0.2, 0.25) is 10.0 Å². The second-order valence-corrected chi connectivity index (χ2v) is 9.28. The van der Waals surface area contributed by atoms with Gasteiger partial charge in [-0.25, -0.2) is 0 Å². The fourth-order valence-corrected chi connectivity index (χ4v) is 5.13. The van der Waals surface area contributed by atoms with E-state index in [2.05, 4.69) is 35.7 Å². The molecule has 4 heteroatoms. The molecular weight excluding hydrogens is 401 g/mol. The first-order valence-corrected chi connectivity index (χ1v) is 11.2. The second-order valence-electron chi connectivity index (χ2n) is 8.40. The Bertz CT molecular complexity index is 875. The average Bonchev–Trinajstić information content (AvgIpc) is 2.68. The molecule has 0 N–H and O–H groups in total. The number of nitrogens with zero attached hydrogens (tertiary/aromatic N) is 1. The van der Waals surface area contributed by atoms with Gasteiger partial charge in [0.1, 0.15) is 0 Å². The highest BCUT2D eigenvalue weighted by Gasteiger charge is 2.43. The van der Waals surface area contributed by atoms with Gasteiger partial charge in [0, 0.05) is 28.4 Å². The van der Waals surface area contributed by atoms with E-state index in [0.717, 1.165) is 23.6 Å². The summed E-state index contributed by atoms with van der Waals surface area (Å²) in [5.74, 6) is 1.03. The Morgan fingerprint density at radius 3 is 2.41 bits per heavy atom. The van der Waals surface area contributed by atoms with Crippen molar-refractivity contribution in [1.82, 2.24) is 4.90 Å². The van der Waals surface area contributed by atoms with Crippen molar-refractivity contribution in [1.29, 1.82) is 0 Å². The minimum absolute atomic E-state index is 0.0000939. The molecule has 29 heavy (non-hydrogen) atoms. The number of halogens is 2. The van der Waals surface area contributed by atoms with Crippen molar-refractivity contribution in [2.75, 3.05) is 6.54 Å². The number of allylic oxidation sites excluding steroid dienone is 1. The third kappa shape index (κ3) is 4.39. The van der Waals surface area contributed by atoms with E-state index in [-0.39, 0.29) is 23.8 Å². The molecule has 1 unspecified atom stereocenters. The van der Waals surface area contributed by atoms with Crippen LogP contribution in [0.1, 0.15) is 55.2 Å². The SMILES string of the molecule is C=CCC1C[C@H](c2cccc(Cl)c2)[C@@H](c2ccc(Cl)cc2)N(CC2CCC2)C1=O. The third-order valence-electron chi connectivity index (χ3n) is 6.51. The zero-order valence-corrected chi connectivity index (χ0v) is 18.1. The molecule has 0 bridgehead atoms. The molecule has 2 nitrogen and oxygen atoms in total. The maximum Gasteiger partial charge on any atom is 0.226 e. The molecule has 3 atom stereocenters. The normalized spacial score (nSPS) is 25.0. The van der Waals surface area contributed by atoms with E-state index in [1.54, 1.807) is 0 Å². The van der Waals surface area contributed by atoms with E-state index >= 15 is 0 Å². The van der Waals surface area contributed by atoms with Crippen LogP contribution in [0.5, 0.6) is 0 Å². The molecule has 1 heterocycles. The van der Waals surface area contributed by atoms with Gasteiger partial charge in [-0.15, -0.1) is 6.58 Å². The monoisotopic (exact) mass is 427 g/mol. The Balaban J connectivity index is 1.78. The standard InChI is InChI=1S/C25H27Cl2NO/c1-2-5-20-15-23(19-8-4-9-22(27)14-19)24(18-10-12-21(26)13-11-18)28(25(20)29)16-17-6-3-7-17/h2,4,8-14,17,20,23-24H,1,3,5-7,15-16H2/t20?,23-,24-/m1/s1. The van der Waals surface area contributed by atoms with Crippen LogP contribution < -0.4 is 0 Å². The highest BCUT2D eigenvalue weighted by molar-refractivity contribution is 6.30. The molecule has 1 amide bonds. The van der Waals surface area contributed by atoms with Crippen molar-refractivity contribution < 1.29 is 4.79 Å². The fourth-order valence-electron chi connectivity index (χ4n) is 4.81. The predicted molar refractivity (Wildman–Crippen MR) is 120 cm³/mol. The summed E-state index contributed by atoms with van der Waals surface area (Å²) in [6.45, 7) is 4.73. The molecule has 1 aliphatic heterocycles. The first kappa shape index (κ1) is 20.5. The van der Waals surface area contributed by atoms with Crippen molar-refractivity contribution in [2.24, 2.45) is 11.8 Å². The van der Waals surface area contributed by atoms with E-state index in [9.17, 15) is 4.79 Å². The Hall–Kier alpha value is -1.77. The van der Waals surface area contributed by atoms with Gasteiger partial charge < -0.3 is 4.90 Å². The first-order chi connectivity index (χ1) is 14.1. The molecule has 2 aromatic carbocycles. The Morgan fingerprint density at radius 2 is 1.79 bits per heavy atom. The lowest BCUT2D eigenvalue weighted by Gasteiger charge is -2.47. The summed E-state index contributed by atoms with van der Waals surface area (Å²) in [5.41, 5.74) is 2.33. The van der Waals surface area contributed by atoms with Gasteiger partial charge >= 0.3 is 0 Å². The molecular formula is C25H27Cl2NO. The topological polar surface area (TPSA) is 20.3 Å². The average molecular weight is 428 g/mol. The molecule has 0 spiro atoms. The second kappa shape index (κ2) is 8.93. The van der Waals surface area contributed by atoms with Gasteiger partial charge in [0.15, 0.2) is 0 Å². The summed E-state index contributed by atoms with van der Waals surface area (Å²) >= 11 is 12.5. The van der Waals surface area contributed by atoms with Crippen LogP contribution in [-0.4, -0.2) is 17.4 Å². The Kier molecular flexibility index (Phi) is 6.32. The number of hydrogen-bond donors (Lipinski definition) is 0. The van der Waals surface area contributed by atoms with Crippen LogP contribution in [0.25, 0.3) is 0 Å². The number of carbonyl (C=O) groups is 1. The lowest BCUT2D eigenvalue weighted by molar-refractivity contribution is -0.144. The van der Waals surface area contributed by atoms with Gasteiger partial charge in [0.2, 0.25) is 5.91 Å². The van der Waals surface area contributed by atoms with Crippen molar-refractivity contribution in [3.63, 3.8) is 0 Å². The molecule has 1 saturated carbocycles. The molecule has 2 aliphatic rings. The van der Waals surface area contributed by atoms with Gasteiger partial charge in [0.25, 0.3) is 0 Å². The summed E-state index contributed by atoms with van der Waals surface area (Å²) < 4.78 is 0. The number of piperidine rings is 1. The Labute approximate surface area is 183 Å². The minimum Gasteiger partial charge on any atom is -0.335 e. The van der Waals surface area contributed by atoms with Crippen LogP contribution >= 0.6 is 23.2 Å². The van der Waals surface area contributed by atoms with Gasteiger partial charge in [-0.05, 0) is 67.0 Å². The maximum absolute atomic E-state index is 13.5. The van der Waals surface area contributed by atoms with Crippen LogP contribution in [-0.2, 0) is 4.79 Å². The van der Waals surface area contributed by atoms with E-state index in [0.29, 0.717) is 17.4 Å². The molecule has 152 valence electrons. The zero-order valence-electron chi connectivity index (χ0n) is 16.6. The van der Waals surface area contributed by atoms with E-state index in [1.807, 2.05) is 30.3 Å². The number of hydrogen-bond acceptors (Lipinski definition) is 1. The molecule has 1 aliphatic carbocycles. The van der Waals surface area contributed by atoms with Gasteiger partial charge in [-0.2, -0.15) is 0 Å². The smallest absolute Gasteiger partial charge is 0.226 e. The molecule has 1 saturated heterocycles. The summed E-state index contributed by atoms with van der Waals surface area (Å²) in [7, 11) is 0. The first-order valence-electron chi connectivity index (χ1n) is 10.5. The largest absolute Gasteiger partial charge is 0.335 e. The number of amides is 1. The summed E-state index contributed by atoms with van der Waals surface area (Å²) in [6.07, 6.45) is 7.09. The number of rotatable bonds is 6. The van der Waals surface area contributed by atoms with Crippen LogP contribution in [0, 0.1) is 11.8 Å². The zero-order chi connectivity index (χ0) is 20.4. The summed E-state index contributed by atoms with van der Waals surface area (Å²) in [4.78, 5) is 15.7. The minimum atomic E-state index is -0.0277. The van der Waals surface area contributed by atoms with Crippen LogP contribution in [0.3, 0.4) is 0 Å². The Morgan fingerprint density at radius 1 is 1.03 bits per heavy atom. The quantitative estimate of drug-likeness (QED) is 0.452. The van der Waals surface area contributed by atoms with Crippen molar-refractivity contribution in [3.05, 3.63) is 82.4 Å². The molecule has 0 radical (unpaired) electrons. The van der Waals surface area contributed by atoms with E-state index in [4.69, 9.17) is 23.2 Å². The number of benzene rings is 2. The fraction of sp³-hybridized carbons (Fsp3) is 0.400. The summed E-state index contributed by atoms with van der Waals surface area (Å²) in [5, 5.41) is 1.45. The van der Waals surface area contributed by atoms with E-state index in [1.165, 1.54) is 24.8 Å². The molecule has 4 rings (SSSR count). The predicted octanol–water partition coefficient (Wildman–Crippen LogP) is 7.04. The highest BCUT2D eigenvalue weighted by atomic mass is 35.5. The molecule has 0 aromatic heterocycles. The third-order valence-corrected chi connectivity index (χ3v) is 6.99. The summed E-state index contributed by atoms with van der Waals surface area (Å²) in [6, 6.07) is 16.1.